The van der Waals surface area contributed by atoms with Gasteiger partial charge in [-0.2, -0.15) is 5.10 Å². The van der Waals surface area contributed by atoms with Gasteiger partial charge < -0.3 is 4.90 Å². The molecule has 3 atom stereocenters. The van der Waals surface area contributed by atoms with Crippen LogP contribution < -0.4 is 0 Å². The zero-order valence-corrected chi connectivity index (χ0v) is 19.6. The smallest absolute Gasteiger partial charge is 0.233 e. The number of aryl methyl sites for hydroxylation is 1. The first-order valence-electron chi connectivity index (χ1n) is 11.1. The monoisotopic (exact) mass is 462 g/mol. The number of likely N-dealkylation sites (tertiary alicyclic amines) is 1. The Kier molecular flexibility index (Phi) is 6.00. The van der Waals surface area contributed by atoms with Crippen LogP contribution in [0, 0.1) is 25.7 Å². The molecule has 2 fully saturated rings. The number of carbonyl (C=O) groups is 3. The number of aromatic nitrogens is 2. The lowest BCUT2D eigenvalue weighted by molar-refractivity contribution is -0.140. The fourth-order valence-electron chi connectivity index (χ4n) is 5.06. The highest BCUT2D eigenvalue weighted by atomic mass is 32.2. The quantitative estimate of drug-likeness (QED) is 0.464. The molecule has 1 aliphatic carbocycles. The van der Waals surface area contributed by atoms with Gasteiger partial charge in [-0.15, -0.1) is 0 Å². The van der Waals surface area contributed by atoms with Crippen LogP contribution in [-0.2, 0) is 30.8 Å². The van der Waals surface area contributed by atoms with Gasteiger partial charge in [-0.25, -0.2) is 8.42 Å². The lowest BCUT2D eigenvalue weighted by Crippen LogP contribution is -2.36. The van der Waals surface area contributed by atoms with Gasteiger partial charge in [0.15, 0.2) is 9.84 Å². The summed E-state index contributed by atoms with van der Waals surface area (Å²) >= 11 is 0. The molecule has 1 aromatic heterocycles. The van der Waals surface area contributed by atoms with Crippen molar-refractivity contribution in [2.24, 2.45) is 11.8 Å². The fourth-order valence-corrected chi connectivity index (χ4v) is 6.75. The van der Waals surface area contributed by atoms with E-state index >= 15 is 0 Å². The molecule has 10 heteroatoms. The molecule has 3 heterocycles. The second-order valence-electron chi connectivity index (χ2n) is 9.13. The molecule has 3 aliphatic rings. The first-order chi connectivity index (χ1) is 15.1. The fraction of sp³-hybridized carbons (Fsp3) is 0.636. The van der Waals surface area contributed by atoms with E-state index in [0.29, 0.717) is 25.8 Å². The van der Waals surface area contributed by atoms with Gasteiger partial charge in [0.1, 0.15) is 0 Å². The molecule has 174 valence electrons. The van der Waals surface area contributed by atoms with Crippen LogP contribution in [-0.4, -0.2) is 70.8 Å². The molecule has 0 bridgehead atoms. The van der Waals surface area contributed by atoms with Crippen LogP contribution in [0.25, 0.3) is 0 Å². The van der Waals surface area contributed by atoms with Gasteiger partial charge in [0.05, 0.1) is 35.1 Å². The predicted molar refractivity (Wildman–Crippen MR) is 117 cm³/mol. The summed E-state index contributed by atoms with van der Waals surface area (Å²) in [6.07, 6.45) is 5.69. The maximum atomic E-state index is 12.8. The summed E-state index contributed by atoms with van der Waals surface area (Å²) < 4.78 is 25.5. The zero-order valence-electron chi connectivity index (χ0n) is 18.8. The van der Waals surface area contributed by atoms with Gasteiger partial charge in [-0.1, -0.05) is 12.2 Å². The van der Waals surface area contributed by atoms with Gasteiger partial charge in [0.2, 0.25) is 17.7 Å². The van der Waals surface area contributed by atoms with E-state index in [-0.39, 0.29) is 60.1 Å². The number of rotatable bonds is 6. The zero-order chi connectivity index (χ0) is 23.2. The molecule has 0 unspecified atom stereocenters. The maximum Gasteiger partial charge on any atom is 0.233 e. The highest BCUT2D eigenvalue weighted by Gasteiger charge is 2.47. The van der Waals surface area contributed by atoms with Crippen molar-refractivity contribution in [1.82, 2.24) is 19.6 Å². The topological polar surface area (TPSA) is 110 Å². The van der Waals surface area contributed by atoms with E-state index in [1.54, 1.807) is 16.6 Å². The highest BCUT2D eigenvalue weighted by Crippen LogP contribution is 2.35. The van der Waals surface area contributed by atoms with E-state index in [0.717, 1.165) is 17.0 Å². The summed E-state index contributed by atoms with van der Waals surface area (Å²) in [6, 6.07) is -0.168. The molecule has 0 spiro atoms. The molecule has 9 nitrogen and oxygen atoms in total. The minimum Gasteiger partial charge on any atom is -0.341 e. The van der Waals surface area contributed by atoms with E-state index in [1.807, 2.05) is 26.0 Å². The lowest BCUT2D eigenvalue weighted by atomic mass is 9.85. The lowest BCUT2D eigenvalue weighted by Gasteiger charge is -2.20. The Morgan fingerprint density at radius 1 is 1.16 bits per heavy atom. The minimum atomic E-state index is -3.02. The number of nitrogens with zero attached hydrogens (tertiary/aromatic N) is 4. The number of hydrogen-bond acceptors (Lipinski definition) is 6. The summed E-state index contributed by atoms with van der Waals surface area (Å²) in [4.78, 5) is 40.7. The van der Waals surface area contributed by atoms with E-state index in [4.69, 9.17) is 0 Å². The van der Waals surface area contributed by atoms with Crippen molar-refractivity contribution < 1.29 is 22.8 Å². The Hall–Kier alpha value is -2.49. The average Bonchev–Trinajstić information content (AvgIpc) is 3.34. The van der Waals surface area contributed by atoms with E-state index in [9.17, 15) is 22.8 Å². The highest BCUT2D eigenvalue weighted by molar-refractivity contribution is 7.91. The van der Waals surface area contributed by atoms with Crippen LogP contribution in [0.4, 0.5) is 0 Å². The summed E-state index contributed by atoms with van der Waals surface area (Å²) in [5, 5.41) is 4.55. The summed E-state index contributed by atoms with van der Waals surface area (Å²) in [5.74, 6) is -0.785. The molecule has 1 aromatic rings. The third-order valence-corrected chi connectivity index (χ3v) is 8.75. The standard InChI is InChI=1S/C22H30N4O5S/c1-14-19(15(2)26(23-14)16-9-11-32(30,31)13-16)12-24(3)20(27)8-10-25-21(28)17-6-4-5-7-18(17)22(25)29/h4-5,16-18H,6-13H2,1-3H3/t16-,17-,18+/m1/s1. The molecule has 0 saturated carbocycles. The van der Waals surface area contributed by atoms with Crippen LogP contribution >= 0.6 is 0 Å². The summed E-state index contributed by atoms with van der Waals surface area (Å²) in [6.45, 7) is 4.20. The molecule has 0 radical (unpaired) electrons. The third-order valence-electron chi connectivity index (χ3n) is 7.00. The molecule has 3 amide bonds. The largest absolute Gasteiger partial charge is 0.341 e. The van der Waals surface area contributed by atoms with Crippen LogP contribution in [0.5, 0.6) is 0 Å². The van der Waals surface area contributed by atoms with Crippen molar-refractivity contribution in [2.75, 3.05) is 25.1 Å². The van der Waals surface area contributed by atoms with Crippen molar-refractivity contribution in [3.05, 3.63) is 29.1 Å². The molecule has 4 rings (SSSR count). The Bertz CT molecular complexity index is 1060. The minimum absolute atomic E-state index is 0.0773. The Balaban J connectivity index is 1.37. The van der Waals surface area contributed by atoms with Gasteiger partial charge in [0, 0.05) is 37.8 Å². The number of hydrogen-bond donors (Lipinski definition) is 0. The molecule has 2 saturated heterocycles. The number of imide groups is 1. The molecule has 0 N–H and O–H groups in total. The van der Waals surface area contributed by atoms with Gasteiger partial charge in [-0.3, -0.25) is 24.0 Å². The predicted octanol–water partition coefficient (Wildman–Crippen LogP) is 1.16. The Morgan fingerprint density at radius 2 is 1.78 bits per heavy atom. The van der Waals surface area contributed by atoms with Crippen molar-refractivity contribution in [2.45, 2.75) is 52.1 Å². The second kappa shape index (κ2) is 8.46. The van der Waals surface area contributed by atoms with Crippen molar-refractivity contribution in [3.63, 3.8) is 0 Å². The van der Waals surface area contributed by atoms with Crippen molar-refractivity contribution in [1.29, 1.82) is 0 Å². The van der Waals surface area contributed by atoms with E-state index in [1.165, 1.54) is 4.90 Å². The van der Waals surface area contributed by atoms with Crippen molar-refractivity contribution in [3.8, 4) is 0 Å². The molecule has 2 aliphatic heterocycles. The average molecular weight is 463 g/mol. The SMILES string of the molecule is Cc1nn([C@@H]2CCS(=O)(=O)C2)c(C)c1CN(C)C(=O)CCN1C(=O)[C@H]2CC=CC[C@H]2C1=O. The molecule has 0 aromatic carbocycles. The van der Waals surface area contributed by atoms with E-state index < -0.39 is 9.84 Å². The van der Waals surface area contributed by atoms with Crippen molar-refractivity contribution >= 4 is 27.6 Å². The third kappa shape index (κ3) is 4.12. The summed E-state index contributed by atoms with van der Waals surface area (Å²) in [7, 11) is -1.33. The maximum absolute atomic E-state index is 12.8. The van der Waals surface area contributed by atoms with E-state index in [2.05, 4.69) is 5.10 Å². The van der Waals surface area contributed by atoms with Gasteiger partial charge >= 0.3 is 0 Å². The number of sulfone groups is 1. The Morgan fingerprint density at radius 3 is 2.34 bits per heavy atom. The van der Waals surface area contributed by atoms with Crippen LogP contribution in [0.3, 0.4) is 0 Å². The number of carbonyl (C=O) groups excluding carboxylic acids is 3. The first-order valence-corrected chi connectivity index (χ1v) is 12.9. The first kappa shape index (κ1) is 22.7. The van der Waals surface area contributed by atoms with Crippen LogP contribution in [0.1, 0.15) is 48.7 Å². The second-order valence-corrected chi connectivity index (χ2v) is 11.4. The number of fused-ring (bicyclic) bond motifs is 1. The molecular weight excluding hydrogens is 432 g/mol. The molecular formula is C22H30N4O5S. The van der Waals surface area contributed by atoms with Crippen LogP contribution in [0.2, 0.25) is 0 Å². The molecule has 32 heavy (non-hydrogen) atoms. The number of allylic oxidation sites excluding steroid dienone is 2. The summed E-state index contributed by atoms with van der Waals surface area (Å²) in [5.41, 5.74) is 2.54. The number of amides is 3. The van der Waals surface area contributed by atoms with Gasteiger partial charge in [0.25, 0.3) is 0 Å². The van der Waals surface area contributed by atoms with Crippen LogP contribution in [0.15, 0.2) is 12.2 Å². The normalized spacial score (nSPS) is 26.6. The Labute approximate surface area is 188 Å². The van der Waals surface area contributed by atoms with Gasteiger partial charge in [-0.05, 0) is 33.1 Å².